The van der Waals surface area contributed by atoms with E-state index in [-0.39, 0.29) is 11.7 Å². The molecule has 2 saturated heterocycles. The quantitative estimate of drug-likeness (QED) is 0.840. The highest BCUT2D eigenvalue weighted by atomic mass is 19.4. The van der Waals surface area contributed by atoms with Crippen LogP contribution in [-0.2, 0) is 6.18 Å². The minimum atomic E-state index is -4.51. The van der Waals surface area contributed by atoms with Crippen molar-refractivity contribution in [2.24, 2.45) is 0 Å². The van der Waals surface area contributed by atoms with Gasteiger partial charge in [-0.3, -0.25) is 0 Å². The summed E-state index contributed by atoms with van der Waals surface area (Å²) in [6.45, 7) is 0. The van der Waals surface area contributed by atoms with E-state index < -0.39 is 17.6 Å². The molecule has 2 heterocycles. The van der Waals surface area contributed by atoms with Crippen LogP contribution in [0.1, 0.15) is 31.2 Å². The number of nitrogens with one attached hydrogen (secondary N) is 1. The van der Waals surface area contributed by atoms with Crippen molar-refractivity contribution in [3.63, 3.8) is 0 Å². The molecule has 3 rings (SSSR count). The van der Waals surface area contributed by atoms with Gasteiger partial charge in [0, 0.05) is 25.2 Å². The Kier molecular flexibility index (Phi) is 3.59. The molecule has 1 aromatic carbocycles. The molecular formula is C15H18F4N2. The molecule has 116 valence electrons. The number of hydrogen-bond donors (Lipinski definition) is 1. The lowest BCUT2D eigenvalue weighted by atomic mass is 9.98. The van der Waals surface area contributed by atoms with E-state index in [2.05, 4.69) is 5.32 Å². The van der Waals surface area contributed by atoms with E-state index >= 15 is 0 Å². The van der Waals surface area contributed by atoms with Gasteiger partial charge in [0.25, 0.3) is 0 Å². The minimum absolute atomic E-state index is 0.176. The van der Waals surface area contributed by atoms with Crippen LogP contribution in [0.2, 0.25) is 0 Å². The van der Waals surface area contributed by atoms with Gasteiger partial charge in [0.15, 0.2) is 0 Å². The average molecular weight is 302 g/mol. The molecule has 2 aliphatic heterocycles. The van der Waals surface area contributed by atoms with Gasteiger partial charge < -0.3 is 10.2 Å². The summed E-state index contributed by atoms with van der Waals surface area (Å²) >= 11 is 0. The minimum Gasteiger partial charge on any atom is -0.369 e. The third-order valence-electron chi connectivity index (χ3n) is 4.65. The fourth-order valence-corrected chi connectivity index (χ4v) is 3.51. The Morgan fingerprint density at radius 1 is 1.14 bits per heavy atom. The number of anilines is 1. The van der Waals surface area contributed by atoms with Crippen LogP contribution in [0.3, 0.4) is 0 Å². The summed E-state index contributed by atoms with van der Waals surface area (Å²) in [5.74, 6) is -0.807. The van der Waals surface area contributed by atoms with Crippen LogP contribution in [0.5, 0.6) is 0 Å². The van der Waals surface area contributed by atoms with Crippen LogP contribution < -0.4 is 10.2 Å². The van der Waals surface area contributed by atoms with Crippen LogP contribution >= 0.6 is 0 Å². The lowest BCUT2D eigenvalue weighted by Gasteiger charge is -2.37. The maximum atomic E-state index is 14.0. The Hall–Kier alpha value is -1.30. The Morgan fingerprint density at radius 3 is 2.29 bits per heavy atom. The summed E-state index contributed by atoms with van der Waals surface area (Å²) in [6, 6.07) is 3.85. The van der Waals surface area contributed by atoms with Gasteiger partial charge in [0.2, 0.25) is 0 Å². The van der Waals surface area contributed by atoms with Crippen molar-refractivity contribution in [3.8, 4) is 0 Å². The maximum Gasteiger partial charge on any atom is 0.416 e. The van der Waals surface area contributed by atoms with Crippen LogP contribution in [0.4, 0.5) is 23.2 Å². The molecule has 1 N–H and O–H groups in total. The number of halogens is 4. The molecule has 0 spiro atoms. The first-order valence-electron chi connectivity index (χ1n) is 7.20. The maximum absolute atomic E-state index is 14.0. The van der Waals surface area contributed by atoms with E-state index in [9.17, 15) is 17.6 Å². The summed E-state index contributed by atoms with van der Waals surface area (Å²) in [6.07, 6.45) is -0.429. The smallest absolute Gasteiger partial charge is 0.369 e. The summed E-state index contributed by atoms with van der Waals surface area (Å²) in [5.41, 5.74) is -0.697. The highest BCUT2D eigenvalue weighted by Gasteiger charge is 2.36. The van der Waals surface area contributed by atoms with Crippen LogP contribution in [0.15, 0.2) is 18.2 Å². The molecule has 1 aromatic rings. The average Bonchev–Trinajstić information content (AvgIpc) is 2.75. The van der Waals surface area contributed by atoms with Crippen molar-refractivity contribution in [1.29, 1.82) is 0 Å². The van der Waals surface area contributed by atoms with Gasteiger partial charge in [-0.1, -0.05) is 0 Å². The summed E-state index contributed by atoms with van der Waals surface area (Å²) in [5, 5.41) is 3.50. The normalized spacial score (nSPS) is 28.7. The van der Waals surface area contributed by atoms with Gasteiger partial charge >= 0.3 is 6.18 Å². The molecule has 0 aliphatic carbocycles. The molecular weight excluding hydrogens is 284 g/mol. The van der Waals surface area contributed by atoms with Crippen molar-refractivity contribution in [2.75, 3.05) is 11.9 Å². The zero-order valence-electron chi connectivity index (χ0n) is 11.8. The van der Waals surface area contributed by atoms with E-state index in [1.807, 2.05) is 0 Å². The number of hydrogen-bond acceptors (Lipinski definition) is 2. The molecule has 6 heteroatoms. The van der Waals surface area contributed by atoms with E-state index in [0.717, 1.165) is 31.7 Å². The van der Waals surface area contributed by atoms with Gasteiger partial charge in [0.05, 0.1) is 11.3 Å². The number of benzene rings is 1. The van der Waals surface area contributed by atoms with Crippen molar-refractivity contribution in [2.45, 2.75) is 50.0 Å². The van der Waals surface area contributed by atoms with E-state index in [4.69, 9.17) is 0 Å². The zero-order valence-corrected chi connectivity index (χ0v) is 11.8. The second-order valence-electron chi connectivity index (χ2n) is 6.04. The van der Waals surface area contributed by atoms with Gasteiger partial charge in [-0.05, 0) is 43.9 Å². The van der Waals surface area contributed by atoms with Crippen LogP contribution in [0, 0.1) is 5.82 Å². The molecule has 2 aliphatic rings. The third-order valence-corrected chi connectivity index (χ3v) is 4.65. The molecule has 2 atom stereocenters. The lowest BCUT2D eigenvalue weighted by molar-refractivity contribution is -0.137. The summed E-state index contributed by atoms with van der Waals surface area (Å²) < 4.78 is 51.8. The second kappa shape index (κ2) is 5.16. The molecule has 0 saturated carbocycles. The Bertz CT molecular complexity index is 517. The molecule has 2 unspecified atom stereocenters. The van der Waals surface area contributed by atoms with E-state index in [1.54, 1.807) is 11.9 Å². The van der Waals surface area contributed by atoms with E-state index in [1.165, 1.54) is 6.07 Å². The molecule has 0 amide bonds. The predicted octanol–water partition coefficient (Wildman–Crippen LogP) is 3.56. The number of fused-ring (bicyclic) bond motifs is 2. The van der Waals surface area contributed by atoms with Crippen molar-refractivity contribution >= 4 is 5.69 Å². The first kappa shape index (κ1) is 14.6. The molecule has 0 aromatic heterocycles. The van der Waals surface area contributed by atoms with Crippen molar-refractivity contribution < 1.29 is 17.6 Å². The summed E-state index contributed by atoms with van der Waals surface area (Å²) in [7, 11) is 1.76. The van der Waals surface area contributed by atoms with Crippen molar-refractivity contribution in [1.82, 2.24) is 5.32 Å². The predicted molar refractivity (Wildman–Crippen MR) is 72.8 cm³/mol. The first-order valence-corrected chi connectivity index (χ1v) is 7.20. The largest absolute Gasteiger partial charge is 0.416 e. The molecule has 21 heavy (non-hydrogen) atoms. The van der Waals surface area contributed by atoms with Gasteiger partial charge in [-0.2, -0.15) is 13.2 Å². The number of alkyl halides is 3. The standard InChI is InChI=1S/C15H18F4N2/c1-21(12-7-10-3-4-11(8-12)20-10)14-5-2-9(6-13(14)16)15(17,18)19/h2,5-6,10-12,20H,3-4,7-8H2,1H3. The zero-order chi connectivity index (χ0) is 15.2. The number of nitrogens with zero attached hydrogens (tertiary/aromatic N) is 1. The molecule has 0 radical (unpaired) electrons. The lowest BCUT2D eigenvalue weighted by Crippen LogP contribution is -2.47. The molecule has 2 nitrogen and oxygen atoms in total. The Morgan fingerprint density at radius 2 is 1.76 bits per heavy atom. The topological polar surface area (TPSA) is 15.3 Å². The van der Waals surface area contributed by atoms with Gasteiger partial charge in [-0.15, -0.1) is 0 Å². The van der Waals surface area contributed by atoms with Gasteiger partial charge in [-0.25, -0.2) is 4.39 Å². The third kappa shape index (κ3) is 2.86. The second-order valence-corrected chi connectivity index (χ2v) is 6.04. The highest BCUT2D eigenvalue weighted by Crippen LogP contribution is 2.35. The molecule has 2 bridgehead atoms. The first-order chi connectivity index (χ1) is 9.84. The molecule has 2 fully saturated rings. The fourth-order valence-electron chi connectivity index (χ4n) is 3.51. The van der Waals surface area contributed by atoms with Crippen LogP contribution in [0.25, 0.3) is 0 Å². The Labute approximate surface area is 121 Å². The van der Waals surface area contributed by atoms with E-state index in [0.29, 0.717) is 18.2 Å². The number of rotatable bonds is 2. The van der Waals surface area contributed by atoms with Gasteiger partial charge in [0.1, 0.15) is 5.82 Å². The highest BCUT2D eigenvalue weighted by molar-refractivity contribution is 5.50. The Balaban J connectivity index is 1.80. The SMILES string of the molecule is CN(c1ccc(C(F)(F)F)cc1F)C1CC2CCC(C1)N2. The fraction of sp³-hybridized carbons (Fsp3) is 0.600. The van der Waals surface area contributed by atoms with Crippen LogP contribution in [-0.4, -0.2) is 25.2 Å². The number of piperidine rings is 1. The van der Waals surface area contributed by atoms with Crippen molar-refractivity contribution in [3.05, 3.63) is 29.6 Å². The monoisotopic (exact) mass is 302 g/mol. The summed E-state index contributed by atoms with van der Waals surface area (Å²) in [4.78, 5) is 1.79.